The lowest BCUT2D eigenvalue weighted by atomic mass is 10.1. The van der Waals surface area contributed by atoms with E-state index in [9.17, 15) is 9.59 Å². The maximum absolute atomic E-state index is 13.1. The van der Waals surface area contributed by atoms with Gasteiger partial charge in [-0.25, -0.2) is 9.48 Å². The van der Waals surface area contributed by atoms with Crippen LogP contribution in [0.1, 0.15) is 41.6 Å². The van der Waals surface area contributed by atoms with E-state index in [-0.39, 0.29) is 18.2 Å². The number of methoxy groups -OCH3 is 2. The first-order chi connectivity index (χ1) is 18.3. The van der Waals surface area contributed by atoms with Crippen LogP contribution < -0.4 is 9.47 Å². The number of esters is 1. The van der Waals surface area contributed by atoms with Crippen molar-refractivity contribution in [2.24, 2.45) is 0 Å². The number of rotatable bonds is 12. The summed E-state index contributed by atoms with van der Waals surface area (Å²) >= 11 is 6.72. The Morgan fingerprint density at radius 1 is 0.974 bits per heavy atom. The quantitative estimate of drug-likeness (QED) is 0.304. The molecule has 1 aromatic heterocycles. The standard InChI is InChI=1S/C28H35ClN4O5/c1-7-32(8-2)16-15-31(4)27(34)19-13-14-22(20(29)17-19)33-23(18-21(30-33)28(35)38-9-3)26-24(36-5)11-10-12-25(26)37-6/h10-14,17-18H,7-9,15-16H2,1-6H3. The molecule has 1 heterocycles. The monoisotopic (exact) mass is 542 g/mol. The Morgan fingerprint density at radius 3 is 2.18 bits per heavy atom. The van der Waals surface area contributed by atoms with E-state index in [0.29, 0.717) is 45.6 Å². The van der Waals surface area contributed by atoms with Gasteiger partial charge in [0, 0.05) is 25.7 Å². The minimum absolute atomic E-state index is 0.0992. The molecule has 0 aliphatic heterocycles. The summed E-state index contributed by atoms with van der Waals surface area (Å²) in [4.78, 5) is 29.6. The fourth-order valence-electron chi connectivity index (χ4n) is 4.12. The molecule has 0 N–H and O–H groups in total. The molecular weight excluding hydrogens is 508 g/mol. The zero-order valence-corrected chi connectivity index (χ0v) is 23.5. The van der Waals surface area contributed by atoms with Crippen LogP contribution in [0.3, 0.4) is 0 Å². The number of halogens is 1. The average Bonchev–Trinajstić information content (AvgIpc) is 3.37. The summed E-state index contributed by atoms with van der Waals surface area (Å²) in [5.74, 6) is 0.348. The molecule has 0 saturated heterocycles. The summed E-state index contributed by atoms with van der Waals surface area (Å²) in [5.41, 5.74) is 2.14. The average molecular weight is 543 g/mol. The van der Waals surface area contributed by atoms with Crippen molar-refractivity contribution in [2.75, 3.05) is 54.1 Å². The molecular formula is C28H35ClN4O5. The normalized spacial score (nSPS) is 10.9. The van der Waals surface area contributed by atoms with Crippen molar-refractivity contribution in [2.45, 2.75) is 20.8 Å². The van der Waals surface area contributed by atoms with Crippen LogP contribution in [0.2, 0.25) is 5.02 Å². The van der Waals surface area contributed by atoms with Crippen LogP contribution in [0.15, 0.2) is 42.5 Å². The Labute approximate surface area is 228 Å². The first-order valence-electron chi connectivity index (χ1n) is 12.6. The zero-order chi connectivity index (χ0) is 27.8. The second-order valence-corrected chi connectivity index (χ2v) is 8.91. The second kappa shape index (κ2) is 13.3. The van der Waals surface area contributed by atoms with Gasteiger partial charge in [-0.05, 0) is 56.4 Å². The molecule has 0 atom stereocenters. The molecule has 1 amide bonds. The van der Waals surface area contributed by atoms with Gasteiger partial charge in [0.25, 0.3) is 5.91 Å². The van der Waals surface area contributed by atoms with E-state index in [1.54, 1.807) is 75.6 Å². The molecule has 9 nitrogen and oxygen atoms in total. The van der Waals surface area contributed by atoms with Gasteiger partial charge in [0.05, 0.1) is 42.8 Å². The summed E-state index contributed by atoms with van der Waals surface area (Å²) in [7, 11) is 4.88. The molecule has 0 aliphatic rings. The number of ether oxygens (including phenoxy) is 3. The summed E-state index contributed by atoms with van der Waals surface area (Å²) in [5, 5.41) is 4.80. The van der Waals surface area contributed by atoms with Crippen LogP contribution in [0, 0.1) is 0 Å². The number of benzene rings is 2. The molecule has 0 unspecified atom stereocenters. The Balaban J connectivity index is 2.05. The van der Waals surface area contributed by atoms with E-state index in [4.69, 9.17) is 25.8 Å². The van der Waals surface area contributed by atoms with Gasteiger partial charge in [0.2, 0.25) is 0 Å². The van der Waals surface area contributed by atoms with Crippen LogP contribution in [0.4, 0.5) is 0 Å². The minimum atomic E-state index is -0.570. The topological polar surface area (TPSA) is 86.1 Å². The lowest BCUT2D eigenvalue weighted by Gasteiger charge is -2.23. The van der Waals surface area contributed by atoms with Crippen LogP contribution in [0.5, 0.6) is 11.5 Å². The largest absolute Gasteiger partial charge is 0.496 e. The number of aromatic nitrogens is 2. The van der Waals surface area contributed by atoms with E-state index in [1.807, 2.05) is 0 Å². The van der Waals surface area contributed by atoms with Crippen LogP contribution in [0.25, 0.3) is 16.9 Å². The third-order valence-corrected chi connectivity index (χ3v) is 6.60. The molecule has 2 aromatic carbocycles. The molecule has 38 heavy (non-hydrogen) atoms. The molecule has 0 fully saturated rings. The van der Waals surface area contributed by atoms with Crippen LogP contribution >= 0.6 is 11.6 Å². The van der Waals surface area contributed by atoms with Gasteiger partial charge in [-0.1, -0.05) is 31.5 Å². The van der Waals surface area contributed by atoms with Gasteiger partial charge in [-0.15, -0.1) is 0 Å². The van der Waals surface area contributed by atoms with Gasteiger partial charge >= 0.3 is 5.97 Å². The summed E-state index contributed by atoms with van der Waals surface area (Å²) in [6.07, 6.45) is 0. The minimum Gasteiger partial charge on any atom is -0.496 e. The number of nitrogens with zero attached hydrogens (tertiary/aromatic N) is 4. The molecule has 204 valence electrons. The summed E-state index contributed by atoms with van der Waals surface area (Å²) in [6.45, 7) is 9.37. The van der Waals surface area contributed by atoms with E-state index in [1.165, 1.54) is 4.68 Å². The maximum Gasteiger partial charge on any atom is 0.358 e. The predicted molar refractivity (Wildman–Crippen MR) is 148 cm³/mol. The maximum atomic E-state index is 13.1. The number of hydrogen-bond donors (Lipinski definition) is 0. The lowest BCUT2D eigenvalue weighted by molar-refractivity contribution is 0.0518. The smallest absolute Gasteiger partial charge is 0.358 e. The first kappa shape index (κ1) is 29.0. The highest BCUT2D eigenvalue weighted by molar-refractivity contribution is 6.32. The fourth-order valence-corrected chi connectivity index (χ4v) is 4.38. The Morgan fingerprint density at radius 2 is 1.63 bits per heavy atom. The third-order valence-electron chi connectivity index (χ3n) is 6.29. The highest BCUT2D eigenvalue weighted by atomic mass is 35.5. The van der Waals surface area contributed by atoms with Crippen molar-refractivity contribution in [3.63, 3.8) is 0 Å². The van der Waals surface area contributed by atoms with Gasteiger partial charge < -0.3 is 24.0 Å². The van der Waals surface area contributed by atoms with Gasteiger partial charge in [0.1, 0.15) is 11.5 Å². The molecule has 0 saturated carbocycles. The van der Waals surface area contributed by atoms with Crippen molar-refractivity contribution >= 4 is 23.5 Å². The van der Waals surface area contributed by atoms with E-state index in [0.717, 1.165) is 19.6 Å². The molecule has 3 aromatic rings. The van der Waals surface area contributed by atoms with Gasteiger partial charge in [-0.3, -0.25) is 4.79 Å². The molecule has 3 rings (SSSR count). The Bertz CT molecular complexity index is 1250. The van der Waals surface area contributed by atoms with Crippen molar-refractivity contribution in [1.82, 2.24) is 19.6 Å². The van der Waals surface area contributed by atoms with Crippen molar-refractivity contribution < 1.29 is 23.8 Å². The van der Waals surface area contributed by atoms with Gasteiger partial charge in [-0.2, -0.15) is 5.10 Å². The summed E-state index contributed by atoms with van der Waals surface area (Å²) < 4.78 is 17.9. The fraction of sp³-hybridized carbons (Fsp3) is 0.393. The van der Waals surface area contributed by atoms with Gasteiger partial charge in [0.15, 0.2) is 5.69 Å². The highest BCUT2D eigenvalue weighted by Gasteiger charge is 2.24. The van der Waals surface area contributed by atoms with Crippen LogP contribution in [-0.2, 0) is 4.74 Å². The molecule has 0 spiro atoms. The van der Waals surface area contributed by atoms with E-state index >= 15 is 0 Å². The van der Waals surface area contributed by atoms with Crippen molar-refractivity contribution in [3.05, 3.63) is 58.7 Å². The third kappa shape index (κ3) is 6.28. The number of amides is 1. The molecule has 0 radical (unpaired) electrons. The highest BCUT2D eigenvalue weighted by Crippen LogP contribution is 2.40. The van der Waals surface area contributed by atoms with Crippen molar-refractivity contribution in [1.29, 1.82) is 0 Å². The van der Waals surface area contributed by atoms with Crippen LogP contribution in [-0.4, -0.2) is 85.5 Å². The second-order valence-electron chi connectivity index (χ2n) is 8.50. The number of likely N-dealkylation sites (N-methyl/N-ethyl adjacent to an activating group) is 2. The number of carbonyl (C=O) groups excluding carboxylic acids is 2. The zero-order valence-electron chi connectivity index (χ0n) is 22.8. The lowest BCUT2D eigenvalue weighted by Crippen LogP contribution is -2.36. The summed E-state index contributed by atoms with van der Waals surface area (Å²) in [6, 6.07) is 12.0. The van der Waals surface area contributed by atoms with E-state index < -0.39 is 5.97 Å². The molecule has 10 heteroatoms. The predicted octanol–water partition coefficient (Wildman–Crippen LogP) is 4.80. The van der Waals surface area contributed by atoms with E-state index in [2.05, 4.69) is 23.8 Å². The Hall–Kier alpha value is -3.56. The number of hydrogen-bond acceptors (Lipinski definition) is 7. The molecule has 0 aliphatic carbocycles. The van der Waals surface area contributed by atoms with Crippen molar-refractivity contribution in [3.8, 4) is 28.4 Å². The molecule has 0 bridgehead atoms. The Kier molecular flexibility index (Phi) is 10.2. The SMILES string of the molecule is CCOC(=O)c1cc(-c2c(OC)cccc2OC)n(-c2ccc(C(=O)N(C)CCN(CC)CC)cc2Cl)n1. The first-order valence-corrected chi connectivity index (χ1v) is 12.9. The number of carbonyl (C=O) groups is 2.